The average Bonchev–Trinajstić information content (AvgIpc) is 2.20. The third-order valence-electron chi connectivity index (χ3n) is 1.75. The van der Waals surface area contributed by atoms with E-state index >= 15 is 0 Å². The van der Waals surface area contributed by atoms with Crippen molar-refractivity contribution in [1.82, 2.24) is 9.97 Å². The van der Waals surface area contributed by atoms with Crippen LogP contribution in [-0.4, -0.2) is 22.5 Å². The van der Waals surface area contributed by atoms with Crippen LogP contribution in [0.1, 0.15) is 30.3 Å². The highest BCUT2D eigenvalue weighted by atomic mass is 35.5. The number of carboxylic acids is 1. The summed E-state index contributed by atoms with van der Waals surface area (Å²) < 4.78 is 0. The van der Waals surface area contributed by atoms with Gasteiger partial charge in [0.15, 0.2) is 0 Å². The Morgan fingerprint density at radius 2 is 2.40 bits per heavy atom. The molecular formula is C9H11ClN3O2-. The van der Waals surface area contributed by atoms with Crippen LogP contribution in [0.2, 0.25) is 5.02 Å². The molecule has 82 valence electrons. The summed E-state index contributed by atoms with van der Waals surface area (Å²) in [4.78, 5) is 18.2. The van der Waals surface area contributed by atoms with E-state index in [4.69, 9.17) is 11.6 Å². The van der Waals surface area contributed by atoms with Gasteiger partial charge in [-0.05, 0) is 6.42 Å². The van der Waals surface area contributed by atoms with E-state index in [1.165, 1.54) is 6.20 Å². The Bertz CT molecular complexity index is 357. The fraction of sp³-hybridized carbons (Fsp3) is 0.444. The van der Waals surface area contributed by atoms with Crippen molar-refractivity contribution in [3.8, 4) is 0 Å². The van der Waals surface area contributed by atoms with E-state index < -0.39 is 5.97 Å². The quantitative estimate of drug-likeness (QED) is 0.751. The molecule has 0 spiro atoms. The molecule has 5 nitrogen and oxygen atoms in total. The van der Waals surface area contributed by atoms with Gasteiger partial charge in [0.25, 0.3) is 0 Å². The normalized spacial score (nSPS) is 10.0. The van der Waals surface area contributed by atoms with Gasteiger partial charge in [0.1, 0.15) is 5.69 Å². The van der Waals surface area contributed by atoms with E-state index in [0.29, 0.717) is 6.54 Å². The van der Waals surface area contributed by atoms with E-state index in [-0.39, 0.29) is 16.7 Å². The lowest BCUT2D eigenvalue weighted by Crippen LogP contribution is -2.24. The van der Waals surface area contributed by atoms with Gasteiger partial charge in [0.05, 0.1) is 17.2 Å². The first-order valence-electron chi connectivity index (χ1n) is 4.63. The maximum atomic E-state index is 10.6. The minimum absolute atomic E-state index is 0.0176. The number of aromatic nitrogens is 2. The zero-order valence-corrected chi connectivity index (χ0v) is 9.04. The predicted octanol–water partition coefficient (Wildman–Crippen LogP) is 0.705. The van der Waals surface area contributed by atoms with Gasteiger partial charge < -0.3 is 15.2 Å². The molecule has 1 aromatic heterocycles. The fourth-order valence-electron chi connectivity index (χ4n) is 0.972. The van der Waals surface area contributed by atoms with Crippen LogP contribution in [-0.2, 0) is 0 Å². The number of carboxylic acid groups (broad SMARTS) is 1. The number of halogens is 1. The number of unbranched alkanes of at least 4 members (excludes halogenated alkanes) is 1. The molecule has 1 rings (SSSR count). The Morgan fingerprint density at radius 3 is 3.00 bits per heavy atom. The smallest absolute Gasteiger partial charge is 0.223 e. The minimum Gasteiger partial charge on any atom is -0.543 e. The van der Waals surface area contributed by atoms with Gasteiger partial charge in [-0.25, -0.2) is 9.97 Å². The Balaban J connectivity index is 2.74. The van der Waals surface area contributed by atoms with Crippen molar-refractivity contribution in [3.05, 3.63) is 16.9 Å². The van der Waals surface area contributed by atoms with E-state index in [1.807, 2.05) is 0 Å². The highest BCUT2D eigenvalue weighted by molar-refractivity contribution is 6.33. The lowest BCUT2D eigenvalue weighted by molar-refractivity contribution is -0.255. The molecule has 0 atom stereocenters. The summed E-state index contributed by atoms with van der Waals surface area (Å²) >= 11 is 5.58. The molecule has 0 radical (unpaired) electrons. The lowest BCUT2D eigenvalue weighted by atomic mass is 10.3. The topological polar surface area (TPSA) is 77.9 Å². The Kier molecular flexibility index (Phi) is 4.30. The van der Waals surface area contributed by atoms with Crippen LogP contribution in [0.5, 0.6) is 0 Å². The highest BCUT2D eigenvalue weighted by Crippen LogP contribution is 2.13. The van der Waals surface area contributed by atoms with Crippen LogP contribution in [0.25, 0.3) is 0 Å². The van der Waals surface area contributed by atoms with E-state index in [2.05, 4.69) is 22.2 Å². The molecule has 0 aromatic carbocycles. The van der Waals surface area contributed by atoms with Gasteiger partial charge in [-0.15, -0.1) is 0 Å². The molecule has 0 aliphatic heterocycles. The molecule has 1 heterocycles. The number of carbonyl (C=O) groups is 1. The Morgan fingerprint density at radius 1 is 1.67 bits per heavy atom. The summed E-state index contributed by atoms with van der Waals surface area (Å²) in [6.45, 7) is 2.75. The van der Waals surface area contributed by atoms with Crippen molar-refractivity contribution >= 4 is 23.5 Å². The molecule has 1 aromatic rings. The largest absolute Gasteiger partial charge is 0.543 e. The van der Waals surface area contributed by atoms with Crippen LogP contribution in [0.3, 0.4) is 0 Å². The van der Waals surface area contributed by atoms with Crippen LogP contribution in [0.4, 0.5) is 5.95 Å². The van der Waals surface area contributed by atoms with Gasteiger partial charge >= 0.3 is 0 Å². The molecule has 0 saturated heterocycles. The predicted molar refractivity (Wildman–Crippen MR) is 54.8 cm³/mol. The van der Waals surface area contributed by atoms with Crippen molar-refractivity contribution in [2.45, 2.75) is 19.8 Å². The van der Waals surface area contributed by atoms with E-state index in [1.54, 1.807) is 0 Å². The molecule has 0 unspecified atom stereocenters. The Hall–Kier alpha value is -1.36. The van der Waals surface area contributed by atoms with Crippen molar-refractivity contribution in [1.29, 1.82) is 0 Å². The van der Waals surface area contributed by atoms with Crippen LogP contribution in [0, 0.1) is 0 Å². The first-order chi connectivity index (χ1) is 7.15. The molecule has 0 amide bonds. The van der Waals surface area contributed by atoms with Crippen molar-refractivity contribution < 1.29 is 9.90 Å². The SMILES string of the molecule is CCCCNc1ncc(Cl)c(C(=O)[O-])n1. The summed E-state index contributed by atoms with van der Waals surface area (Å²) in [7, 11) is 0. The first kappa shape index (κ1) is 11.7. The maximum Gasteiger partial charge on any atom is 0.223 e. The molecule has 0 saturated carbocycles. The number of hydrogen-bond donors (Lipinski definition) is 1. The van der Waals surface area contributed by atoms with Crippen molar-refractivity contribution in [2.75, 3.05) is 11.9 Å². The molecule has 15 heavy (non-hydrogen) atoms. The molecule has 6 heteroatoms. The molecule has 1 N–H and O–H groups in total. The van der Waals surface area contributed by atoms with Gasteiger partial charge in [-0.2, -0.15) is 0 Å². The van der Waals surface area contributed by atoms with E-state index in [0.717, 1.165) is 12.8 Å². The third-order valence-corrected chi connectivity index (χ3v) is 2.03. The van der Waals surface area contributed by atoms with Gasteiger partial charge in [-0.3, -0.25) is 0 Å². The van der Waals surface area contributed by atoms with Crippen molar-refractivity contribution in [2.24, 2.45) is 0 Å². The number of anilines is 1. The molecule has 0 aliphatic rings. The third kappa shape index (κ3) is 3.36. The number of aromatic carboxylic acids is 1. The second-order valence-electron chi connectivity index (χ2n) is 2.96. The molecule has 0 bridgehead atoms. The molecule has 0 fully saturated rings. The number of carbonyl (C=O) groups excluding carboxylic acids is 1. The second-order valence-corrected chi connectivity index (χ2v) is 3.37. The van der Waals surface area contributed by atoms with Crippen molar-refractivity contribution in [3.63, 3.8) is 0 Å². The van der Waals surface area contributed by atoms with Gasteiger partial charge in [0.2, 0.25) is 5.95 Å². The maximum absolute atomic E-state index is 10.6. The fourth-order valence-corrected chi connectivity index (χ4v) is 1.14. The average molecular weight is 229 g/mol. The minimum atomic E-state index is -1.40. The van der Waals surface area contributed by atoms with E-state index in [9.17, 15) is 9.90 Å². The van der Waals surface area contributed by atoms with Crippen LogP contribution < -0.4 is 10.4 Å². The first-order valence-corrected chi connectivity index (χ1v) is 5.00. The molecular weight excluding hydrogens is 218 g/mol. The summed E-state index contributed by atoms with van der Waals surface area (Å²) in [6, 6.07) is 0. The number of rotatable bonds is 5. The summed E-state index contributed by atoms with van der Waals surface area (Å²) in [5, 5.41) is 13.5. The lowest BCUT2D eigenvalue weighted by Gasteiger charge is -2.07. The molecule has 0 aliphatic carbocycles. The van der Waals surface area contributed by atoms with Gasteiger partial charge in [0, 0.05) is 6.54 Å². The Labute approximate surface area is 92.5 Å². The number of nitrogens with one attached hydrogen (secondary N) is 1. The summed E-state index contributed by atoms with van der Waals surface area (Å²) in [6.07, 6.45) is 3.24. The number of hydrogen-bond acceptors (Lipinski definition) is 5. The van der Waals surface area contributed by atoms with Gasteiger partial charge in [-0.1, -0.05) is 24.9 Å². The monoisotopic (exact) mass is 228 g/mol. The number of nitrogens with zero attached hydrogens (tertiary/aromatic N) is 2. The highest BCUT2D eigenvalue weighted by Gasteiger charge is 2.05. The summed E-state index contributed by atoms with van der Waals surface area (Å²) in [5.74, 6) is -1.15. The summed E-state index contributed by atoms with van der Waals surface area (Å²) in [5.41, 5.74) is -0.286. The zero-order chi connectivity index (χ0) is 11.3. The van der Waals surface area contributed by atoms with Crippen LogP contribution >= 0.6 is 11.6 Å². The standard InChI is InChI=1S/C9H12ClN3O2/c1-2-3-4-11-9-12-5-6(10)7(13-9)8(14)15/h5H,2-4H2,1H3,(H,14,15)(H,11,12,13)/p-1. The second kappa shape index (κ2) is 5.50. The zero-order valence-electron chi connectivity index (χ0n) is 8.29. The van der Waals surface area contributed by atoms with Crippen LogP contribution in [0.15, 0.2) is 6.20 Å².